The lowest BCUT2D eigenvalue weighted by atomic mass is 10.1. The van der Waals surface area contributed by atoms with Crippen LogP contribution in [0.15, 0.2) is 36.5 Å². The van der Waals surface area contributed by atoms with E-state index in [1.807, 2.05) is 6.07 Å². The molecule has 0 aliphatic carbocycles. The van der Waals surface area contributed by atoms with Gasteiger partial charge in [0.15, 0.2) is 0 Å². The van der Waals surface area contributed by atoms with E-state index in [0.717, 1.165) is 5.39 Å². The number of nitrogens with two attached hydrogens (primary N) is 1. The van der Waals surface area contributed by atoms with E-state index in [4.69, 9.17) is 10.5 Å². The third-order valence-electron chi connectivity index (χ3n) is 2.78. The highest BCUT2D eigenvalue weighted by atomic mass is 19.4. The van der Waals surface area contributed by atoms with Crippen LogP contribution in [0.3, 0.4) is 0 Å². The summed E-state index contributed by atoms with van der Waals surface area (Å²) in [5.41, 5.74) is 5.78. The van der Waals surface area contributed by atoms with Crippen LogP contribution in [0.4, 0.5) is 13.2 Å². The average molecular weight is 270 g/mol. The molecule has 0 amide bonds. The molecule has 0 saturated heterocycles. The first-order chi connectivity index (χ1) is 9.00. The van der Waals surface area contributed by atoms with Gasteiger partial charge < -0.3 is 10.5 Å². The van der Waals surface area contributed by atoms with Crippen molar-refractivity contribution in [2.75, 3.05) is 13.2 Å². The van der Waals surface area contributed by atoms with Crippen molar-refractivity contribution in [1.29, 1.82) is 0 Å². The van der Waals surface area contributed by atoms with E-state index in [2.05, 4.69) is 4.98 Å². The molecular weight excluding hydrogens is 257 g/mol. The topological polar surface area (TPSA) is 48.1 Å². The number of nitrogens with zero attached hydrogens (tertiary/aromatic N) is 1. The fourth-order valence-corrected chi connectivity index (χ4v) is 1.63. The van der Waals surface area contributed by atoms with E-state index in [-0.39, 0.29) is 0 Å². The molecule has 1 unspecified atom stereocenters. The first-order valence-electron chi connectivity index (χ1n) is 5.75. The largest absolute Gasteiger partial charge is 0.493 e. The molecule has 19 heavy (non-hydrogen) atoms. The van der Waals surface area contributed by atoms with Gasteiger partial charge in [-0.25, -0.2) is 0 Å². The van der Waals surface area contributed by atoms with Crippen LogP contribution in [0.2, 0.25) is 0 Å². The minimum absolute atomic E-state index is 0.355. The molecule has 0 bridgehead atoms. The summed E-state index contributed by atoms with van der Waals surface area (Å²) in [6.07, 6.45) is -2.73. The molecule has 102 valence electrons. The highest BCUT2D eigenvalue weighted by molar-refractivity contribution is 5.79. The number of halogens is 3. The molecule has 0 aliphatic rings. The number of rotatable bonds is 4. The maximum atomic E-state index is 12.5. The summed E-state index contributed by atoms with van der Waals surface area (Å²) in [6.45, 7) is -0.979. The molecule has 1 aromatic carbocycles. The lowest BCUT2D eigenvalue weighted by Crippen LogP contribution is -2.35. The molecule has 2 aromatic rings. The van der Waals surface area contributed by atoms with Crippen LogP contribution in [0.5, 0.6) is 5.75 Å². The summed E-state index contributed by atoms with van der Waals surface area (Å²) >= 11 is 0. The van der Waals surface area contributed by atoms with Crippen LogP contribution in [0.1, 0.15) is 0 Å². The molecule has 1 aromatic heterocycles. The molecular formula is C13H13F3N2O. The number of fused-ring (bicyclic) bond motifs is 1. The number of hydrogen-bond acceptors (Lipinski definition) is 3. The van der Waals surface area contributed by atoms with Gasteiger partial charge in [0.1, 0.15) is 18.3 Å². The number of aromatic nitrogens is 1. The first kappa shape index (κ1) is 13.6. The fraction of sp³-hybridized carbons (Fsp3) is 0.308. The Kier molecular flexibility index (Phi) is 3.90. The smallest absolute Gasteiger partial charge is 0.396 e. The molecule has 6 heteroatoms. The molecule has 0 fully saturated rings. The van der Waals surface area contributed by atoms with Crippen molar-refractivity contribution < 1.29 is 17.9 Å². The van der Waals surface area contributed by atoms with E-state index < -0.39 is 25.2 Å². The lowest BCUT2D eigenvalue weighted by Gasteiger charge is -2.18. The third kappa shape index (κ3) is 3.35. The summed E-state index contributed by atoms with van der Waals surface area (Å²) in [5.74, 6) is -1.30. The Morgan fingerprint density at radius 2 is 2.05 bits per heavy atom. The molecule has 1 atom stereocenters. The predicted molar refractivity (Wildman–Crippen MR) is 65.8 cm³/mol. The van der Waals surface area contributed by atoms with Crippen LogP contribution in [-0.4, -0.2) is 24.3 Å². The van der Waals surface area contributed by atoms with Crippen molar-refractivity contribution in [3.8, 4) is 5.75 Å². The van der Waals surface area contributed by atoms with E-state index in [1.165, 1.54) is 0 Å². The van der Waals surface area contributed by atoms with Crippen LogP contribution < -0.4 is 10.5 Å². The van der Waals surface area contributed by atoms with Gasteiger partial charge in [-0.2, -0.15) is 13.2 Å². The molecule has 0 radical (unpaired) electrons. The maximum Gasteiger partial charge on any atom is 0.396 e. The Balaban J connectivity index is 2.09. The second kappa shape index (κ2) is 5.44. The maximum absolute atomic E-state index is 12.5. The Bertz CT molecular complexity index is 557. The second-order valence-electron chi connectivity index (χ2n) is 4.14. The molecule has 0 saturated carbocycles. The molecule has 0 spiro atoms. The predicted octanol–water partition coefficient (Wildman–Crippen LogP) is 2.75. The minimum Gasteiger partial charge on any atom is -0.493 e. The van der Waals surface area contributed by atoms with Crippen molar-refractivity contribution in [2.24, 2.45) is 11.7 Å². The Morgan fingerprint density at radius 3 is 2.74 bits per heavy atom. The van der Waals surface area contributed by atoms with E-state index in [1.54, 1.807) is 30.5 Å². The van der Waals surface area contributed by atoms with Gasteiger partial charge in [0, 0.05) is 24.2 Å². The highest BCUT2D eigenvalue weighted by Crippen LogP contribution is 2.27. The quantitative estimate of drug-likeness (QED) is 0.929. The van der Waals surface area contributed by atoms with Crippen molar-refractivity contribution in [1.82, 2.24) is 4.98 Å². The minimum atomic E-state index is -4.34. The normalized spacial score (nSPS) is 13.5. The average Bonchev–Trinajstić information content (AvgIpc) is 2.37. The van der Waals surface area contributed by atoms with E-state index >= 15 is 0 Å². The Hall–Kier alpha value is -1.82. The zero-order valence-electron chi connectivity index (χ0n) is 10.0. The molecule has 0 aliphatic heterocycles. The van der Waals surface area contributed by atoms with E-state index in [9.17, 15) is 13.2 Å². The fourth-order valence-electron chi connectivity index (χ4n) is 1.63. The standard InChI is InChI=1S/C13H13F3N2O/c14-13(15,16)10(7-17)8-19-11-4-3-9-2-1-5-18-12(9)6-11/h1-6,10H,7-8,17H2. The molecule has 2 N–H and O–H groups in total. The van der Waals surface area contributed by atoms with Crippen LogP contribution in [0, 0.1) is 5.92 Å². The Morgan fingerprint density at radius 1 is 1.26 bits per heavy atom. The van der Waals surface area contributed by atoms with Crippen LogP contribution in [-0.2, 0) is 0 Å². The lowest BCUT2D eigenvalue weighted by molar-refractivity contribution is -0.178. The van der Waals surface area contributed by atoms with Crippen molar-refractivity contribution in [3.05, 3.63) is 36.5 Å². The second-order valence-corrected chi connectivity index (χ2v) is 4.14. The third-order valence-corrected chi connectivity index (χ3v) is 2.78. The monoisotopic (exact) mass is 270 g/mol. The van der Waals surface area contributed by atoms with Gasteiger partial charge in [-0.1, -0.05) is 6.07 Å². The summed E-state index contributed by atoms with van der Waals surface area (Å²) in [5, 5.41) is 0.904. The number of pyridine rings is 1. The molecule has 3 nitrogen and oxygen atoms in total. The summed E-state index contributed by atoms with van der Waals surface area (Å²) < 4.78 is 42.7. The van der Waals surface area contributed by atoms with Gasteiger partial charge in [-0.15, -0.1) is 0 Å². The number of alkyl halides is 3. The number of hydrogen-bond donors (Lipinski definition) is 1. The van der Waals surface area contributed by atoms with Gasteiger partial charge >= 0.3 is 6.18 Å². The van der Waals surface area contributed by atoms with Crippen LogP contribution >= 0.6 is 0 Å². The molecule has 1 heterocycles. The SMILES string of the molecule is NCC(COc1ccc2cccnc2c1)C(F)(F)F. The summed E-state index contributed by atoms with van der Waals surface area (Å²) in [7, 11) is 0. The zero-order chi connectivity index (χ0) is 13.9. The van der Waals surface area contributed by atoms with Gasteiger partial charge in [-0.05, 0) is 18.2 Å². The van der Waals surface area contributed by atoms with Gasteiger partial charge in [0.05, 0.1) is 5.52 Å². The first-order valence-corrected chi connectivity index (χ1v) is 5.75. The highest BCUT2D eigenvalue weighted by Gasteiger charge is 2.39. The van der Waals surface area contributed by atoms with E-state index in [0.29, 0.717) is 11.3 Å². The van der Waals surface area contributed by atoms with Crippen molar-refractivity contribution in [2.45, 2.75) is 6.18 Å². The summed E-state index contributed by atoms with van der Waals surface area (Å²) in [6, 6.07) is 8.64. The van der Waals surface area contributed by atoms with Crippen molar-refractivity contribution >= 4 is 10.9 Å². The number of ether oxygens (including phenoxy) is 1. The zero-order valence-corrected chi connectivity index (χ0v) is 10.0. The number of benzene rings is 1. The van der Waals surface area contributed by atoms with Gasteiger partial charge in [0.2, 0.25) is 0 Å². The van der Waals surface area contributed by atoms with Gasteiger partial charge in [-0.3, -0.25) is 4.98 Å². The van der Waals surface area contributed by atoms with Gasteiger partial charge in [0.25, 0.3) is 0 Å². The summed E-state index contributed by atoms with van der Waals surface area (Å²) in [4.78, 5) is 4.11. The molecule has 2 rings (SSSR count). The Labute approximate surface area is 108 Å². The van der Waals surface area contributed by atoms with Crippen molar-refractivity contribution in [3.63, 3.8) is 0 Å². The van der Waals surface area contributed by atoms with Crippen LogP contribution in [0.25, 0.3) is 10.9 Å².